The summed E-state index contributed by atoms with van der Waals surface area (Å²) in [5.41, 5.74) is 0.736. The van der Waals surface area contributed by atoms with E-state index in [1.54, 1.807) is 30.3 Å². The van der Waals surface area contributed by atoms with Gasteiger partial charge in [-0.05, 0) is 23.8 Å². The molecule has 1 atom stereocenters. The van der Waals surface area contributed by atoms with Gasteiger partial charge < -0.3 is 10.6 Å². The van der Waals surface area contributed by atoms with Crippen molar-refractivity contribution in [2.24, 2.45) is 0 Å². The van der Waals surface area contributed by atoms with Crippen LogP contribution in [0, 0.1) is 5.82 Å². The molecule has 1 heterocycles. The number of halogens is 1. The molecule has 3 rings (SSSR count). The number of rotatable bonds is 5. The van der Waals surface area contributed by atoms with Gasteiger partial charge in [0.1, 0.15) is 17.7 Å². The number of hydrogen-bond donors (Lipinski definition) is 3. The molecule has 3 aromatic rings. The fraction of sp³-hybridized carbons (Fsp3) is 0.0556. The van der Waals surface area contributed by atoms with Crippen molar-refractivity contribution in [3.63, 3.8) is 0 Å². The Morgan fingerprint density at radius 3 is 2.52 bits per heavy atom. The third kappa shape index (κ3) is 4.08. The van der Waals surface area contributed by atoms with E-state index in [1.165, 1.54) is 24.4 Å². The largest absolute Gasteiger partial charge is 0.336 e. The van der Waals surface area contributed by atoms with Crippen molar-refractivity contribution in [2.75, 3.05) is 5.32 Å². The molecule has 0 aliphatic carbocycles. The first-order valence-corrected chi connectivity index (χ1v) is 7.55. The molecule has 0 spiro atoms. The van der Waals surface area contributed by atoms with E-state index in [1.807, 2.05) is 6.07 Å². The number of nitrogens with one attached hydrogen (secondary N) is 3. The number of benzene rings is 2. The number of carbonyl (C=O) groups is 2. The standard InChI is InChI=1S/C18H15FN4O2/c19-14-8-4-7-13(11-14)17(24)22-16(12-5-2-1-3-6-12)18(25)21-15-9-10-20-23-15/h1-11,16H,(H,22,24)(H2,20,21,23,25)/t16-/m1/s1. The highest BCUT2D eigenvalue weighted by molar-refractivity contribution is 6.01. The van der Waals surface area contributed by atoms with Crippen LogP contribution in [0.2, 0.25) is 0 Å². The normalized spacial score (nSPS) is 11.6. The predicted octanol–water partition coefficient (Wildman–Crippen LogP) is 2.66. The van der Waals surface area contributed by atoms with Crippen LogP contribution in [-0.2, 0) is 4.79 Å². The minimum absolute atomic E-state index is 0.135. The number of nitrogens with zero attached hydrogens (tertiary/aromatic N) is 1. The molecular formula is C18H15FN4O2. The van der Waals surface area contributed by atoms with Gasteiger partial charge in [0.05, 0.1) is 6.20 Å². The summed E-state index contributed by atoms with van der Waals surface area (Å²) >= 11 is 0. The first-order chi connectivity index (χ1) is 12.1. The molecule has 3 N–H and O–H groups in total. The molecule has 25 heavy (non-hydrogen) atoms. The van der Waals surface area contributed by atoms with Crippen LogP contribution in [0.15, 0.2) is 66.9 Å². The minimum atomic E-state index is -0.944. The van der Waals surface area contributed by atoms with E-state index >= 15 is 0 Å². The Morgan fingerprint density at radius 1 is 1.04 bits per heavy atom. The lowest BCUT2D eigenvalue weighted by Gasteiger charge is -2.18. The summed E-state index contributed by atoms with van der Waals surface area (Å²) in [6, 6.07) is 14.7. The van der Waals surface area contributed by atoms with E-state index in [0.29, 0.717) is 11.4 Å². The van der Waals surface area contributed by atoms with Crippen molar-refractivity contribution in [3.8, 4) is 0 Å². The fourth-order valence-electron chi connectivity index (χ4n) is 2.32. The van der Waals surface area contributed by atoms with Crippen molar-refractivity contribution in [3.05, 3.63) is 83.8 Å². The third-order valence-corrected chi connectivity index (χ3v) is 3.52. The highest BCUT2D eigenvalue weighted by atomic mass is 19.1. The maximum absolute atomic E-state index is 13.3. The van der Waals surface area contributed by atoms with Gasteiger partial charge in [-0.2, -0.15) is 5.10 Å². The van der Waals surface area contributed by atoms with Gasteiger partial charge in [-0.3, -0.25) is 14.7 Å². The molecule has 0 saturated heterocycles. The van der Waals surface area contributed by atoms with Crippen LogP contribution in [0.5, 0.6) is 0 Å². The highest BCUT2D eigenvalue weighted by Crippen LogP contribution is 2.16. The fourth-order valence-corrected chi connectivity index (χ4v) is 2.32. The topological polar surface area (TPSA) is 86.9 Å². The highest BCUT2D eigenvalue weighted by Gasteiger charge is 2.23. The number of anilines is 1. The smallest absolute Gasteiger partial charge is 0.252 e. The van der Waals surface area contributed by atoms with Gasteiger partial charge in [0.15, 0.2) is 0 Å². The second kappa shape index (κ2) is 7.39. The Labute approximate surface area is 143 Å². The van der Waals surface area contributed by atoms with Crippen LogP contribution >= 0.6 is 0 Å². The zero-order valence-electron chi connectivity index (χ0n) is 13.1. The maximum atomic E-state index is 13.3. The van der Waals surface area contributed by atoms with Crippen molar-refractivity contribution in [1.29, 1.82) is 0 Å². The SMILES string of the molecule is O=C(N[C@@H](C(=O)Nc1ccn[nH]1)c1ccccc1)c1cccc(F)c1. The molecule has 0 radical (unpaired) electrons. The molecule has 126 valence electrons. The lowest BCUT2D eigenvalue weighted by molar-refractivity contribution is -0.118. The number of H-pyrrole nitrogens is 1. The van der Waals surface area contributed by atoms with Gasteiger partial charge in [-0.25, -0.2) is 4.39 Å². The Hall–Kier alpha value is -3.48. The molecule has 0 fully saturated rings. The van der Waals surface area contributed by atoms with Crippen molar-refractivity contribution < 1.29 is 14.0 Å². The first kappa shape index (κ1) is 16.4. The summed E-state index contributed by atoms with van der Waals surface area (Å²) < 4.78 is 13.3. The van der Waals surface area contributed by atoms with Crippen molar-refractivity contribution in [2.45, 2.75) is 6.04 Å². The monoisotopic (exact) mass is 338 g/mol. The Kier molecular flexibility index (Phi) is 4.84. The molecule has 2 amide bonds. The molecule has 1 aromatic heterocycles. The number of hydrogen-bond acceptors (Lipinski definition) is 3. The molecule has 0 aliphatic rings. The van der Waals surface area contributed by atoms with Crippen LogP contribution in [0.3, 0.4) is 0 Å². The second-order valence-electron chi connectivity index (χ2n) is 5.29. The third-order valence-electron chi connectivity index (χ3n) is 3.52. The molecule has 0 bridgehead atoms. The van der Waals surface area contributed by atoms with Crippen molar-refractivity contribution in [1.82, 2.24) is 15.5 Å². The lowest BCUT2D eigenvalue weighted by Crippen LogP contribution is -2.37. The summed E-state index contributed by atoms with van der Waals surface area (Å²) in [5.74, 6) is -1.11. The van der Waals surface area contributed by atoms with Gasteiger partial charge in [0.25, 0.3) is 11.8 Å². The summed E-state index contributed by atoms with van der Waals surface area (Å²) in [6.45, 7) is 0. The van der Waals surface area contributed by atoms with Crippen LogP contribution in [-0.4, -0.2) is 22.0 Å². The maximum Gasteiger partial charge on any atom is 0.252 e. The van der Waals surface area contributed by atoms with E-state index in [9.17, 15) is 14.0 Å². The quantitative estimate of drug-likeness (QED) is 0.668. The summed E-state index contributed by atoms with van der Waals surface area (Å²) in [4.78, 5) is 25.0. The zero-order valence-corrected chi connectivity index (χ0v) is 13.1. The molecule has 0 saturated carbocycles. The predicted molar refractivity (Wildman–Crippen MR) is 90.3 cm³/mol. The molecule has 7 heteroatoms. The van der Waals surface area contributed by atoms with Crippen LogP contribution in [0.1, 0.15) is 22.0 Å². The summed E-state index contributed by atoms with van der Waals surface area (Å²) in [5, 5.41) is 11.7. The van der Waals surface area contributed by atoms with E-state index < -0.39 is 23.7 Å². The average Bonchev–Trinajstić information content (AvgIpc) is 3.13. The summed E-state index contributed by atoms with van der Waals surface area (Å²) in [7, 11) is 0. The molecule has 0 aliphatic heterocycles. The molecule has 6 nitrogen and oxygen atoms in total. The molecule has 2 aromatic carbocycles. The van der Waals surface area contributed by atoms with Gasteiger partial charge in [0.2, 0.25) is 0 Å². The Balaban J connectivity index is 1.83. The average molecular weight is 338 g/mol. The van der Waals surface area contributed by atoms with Crippen molar-refractivity contribution >= 4 is 17.6 Å². The van der Waals surface area contributed by atoms with Gasteiger partial charge in [0, 0.05) is 11.6 Å². The van der Waals surface area contributed by atoms with Crippen LogP contribution < -0.4 is 10.6 Å². The molecular weight excluding hydrogens is 323 g/mol. The number of aromatic nitrogens is 2. The number of aromatic amines is 1. The van der Waals surface area contributed by atoms with Crippen LogP contribution in [0.25, 0.3) is 0 Å². The Bertz CT molecular complexity index is 866. The van der Waals surface area contributed by atoms with E-state index in [0.717, 1.165) is 6.07 Å². The zero-order chi connectivity index (χ0) is 17.6. The molecule has 0 unspecified atom stereocenters. The Morgan fingerprint density at radius 2 is 1.84 bits per heavy atom. The van der Waals surface area contributed by atoms with Gasteiger partial charge in [-0.1, -0.05) is 36.4 Å². The van der Waals surface area contributed by atoms with Gasteiger partial charge in [-0.15, -0.1) is 0 Å². The van der Waals surface area contributed by atoms with E-state index in [-0.39, 0.29) is 5.56 Å². The van der Waals surface area contributed by atoms with E-state index in [4.69, 9.17) is 0 Å². The first-order valence-electron chi connectivity index (χ1n) is 7.55. The van der Waals surface area contributed by atoms with Crippen LogP contribution in [0.4, 0.5) is 10.2 Å². The van der Waals surface area contributed by atoms with E-state index in [2.05, 4.69) is 20.8 Å². The lowest BCUT2D eigenvalue weighted by atomic mass is 10.1. The number of amides is 2. The number of carbonyl (C=O) groups excluding carboxylic acids is 2. The summed E-state index contributed by atoms with van der Waals surface area (Å²) in [6.07, 6.45) is 1.50. The minimum Gasteiger partial charge on any atom is -0.336 e. The second-order valence-corrected chi connectivity index (χ2v) is 5.29. The van der Waals surface area contributed by atoms with Gasteiger partial charge >= 0.3 is 0 Å².